The van der Waals surface area contributed by atoms with Crippen LogP contribution in [0.5, 0.6) is 5.75 Å². The summed E-state index contributed by atoms with van der Waals surface area (Å²) in [6.07, 6.45) is 10.5. The van der Waals surface area contributed by atoms with Crippen molar-refractivity contribution in [2.24, 2.45) is 15.7 Å². The largest absolute Gasteiger partial charge is 0.506 e. The molecule has 5 heterocycles. The maximum Gasteiger partial charge on any atom is 0.179 e. The Morgan fingerprint density at radius 1 is 0.944 bits per heavy atom. The van der Waals surface area contributed by atoms with Crippen LogP contribution in [0.2, 0.25) is 0 Å². The zero-order valence-corrected chi connectivity index (χ0v) is 31.3. The molecule has 7 aromatic rings. The van der Waals surface area contributed by atoms with Crippen molar-refractivity contribution < 1.29 is 5.11 Å². The number of allylic oxidation sites excluding steroid dienone is 2. The number of aromatic nitrogens is 8. The van der Waals surface area contributed by atoms with Gasteiger partial charge in [0.15, 0.2) is 5.82 Å². The van der Waals surface area contributed by atoms with Gasteiger partial charge in [0, 0.05) is 71.6 Å². The van der Waals surface area contributed by atoms with E-state index in [1.54, 1.807) is 12.3 Å². The first-order valence-corrected chi connectivity index (χ1v) is 18.1. The molecule has 0 saturated carbocycles. The summed E-state index contributed by atoms with van der Waals surface area (Å²) in [4.78, 5) is 19.1. The number of aromatic hydroxyl groups is 1. The number of phenolic OH excluding ortho intramolecular Hbond substituents is 1. The topological polar surface area (TPSA) is 142 Å². The fourth-order valence-electron chi connectivity index (χ4n) is 7.20. The van der Waals surface area contributed by atoms with Crippen molar-refractivity contribution in [1.29, 1.82) is 0 Å². The summed E-state index contributed by atoms with van der Waals surface area (Å²) < 4.78 is 8.09. The number of nitrogens with zero attached hydrogens (tertiary/aromatic N) is 10. The van der Waals surface area contributed by atoms with Gasteiger partial charge in [0.05, 0.1) is 34.7 Å². The molecule has 0 amide bonds. The first-order chi connectivity index (χ1) is 26.1. The van der Waals surface area contributed by atoms with Crippen LogP contribution in [0.1, 0.15) is 54.0 Å². The number of hydrogen-bond acceptors (Lipinski definition) is 8. The second kappa shape index (κ2) is 14.8. The molecule has 3 N–H and O–H groups in total. The predicted molar refractivity (Wildman–Crippen MR) is 220 cm³/mol. The highest BCUT2D eigenvalue weighted by molar-refractivity contribution is 6.08. The molecule has 2 aromatic carbocycles. The van der Waals surface area contributed by atoms with Crippen LogP contribution in [-0.2, 0) is 32.7 Å². The summed E-state index contributed by atoms with van der Waals surface area (Å²) in [6, 6.07) is 13.9. The normalized spacial score (nSPS) is 12.0. The van der Waals surface area contributed by atoms with E-state index in [0.717, 1.165) is 74.3 Å². The molecular formula is C42H45N11O. The molecule has 0 radical (unpaired) electrons. The van der Waals surface area contributed by atoms with Gasteiger partial charge in [0.2, 0.25) is 0 Å². The summed E-state index contributed by atoms with van der Waals surface area (Å²) in [6.45, 7) is 22.9. The SMILES string of the molecule is C=Cc1ccc2c(c1)c1cnc(-c3cc(C)nn3CC)nc1n2C/C=C/CCn1c(N=C)c(C=NCc2cc(C)nn2CC)c2cc(C(=C)N)cc(O)c21. The van der Waals surface area contributed by atoms with Crippen LogP contribution in [-0.4, -0.2) is 56.7 Å². The standard InChI is InChI=1S/C42H45N11O/c1-8-29-14-15-36-32(20-29)35-25-46-40(37-19-27(5)49-53(37)10-3)47-42(35)50(36)16-12-11-13-17-51-39-33(21-30(28(6)43)22-38(39)54)34(41(51)44-7)24-45-23-31-18-26(4)48-52(31)9-2/h8,11-12,14-15,18-22,24-25,54H,1,6-7,9-10,13,16-17,23,43H2,2-5H3/b12-11+,45-24?. The van der Waals surface area contributed by atoms with Gasteiger partial charge in [0.1, 0.15) is 22.9 Å². The van der Waals surface area contributed by atoms with Gasteiger partial charge in [-0.05, 0) is 82.8 Å². The van der Waals surface area contributed by atoms with Crippen molar-refractivity contribution in [1.82, 2.24) is 38.7 Å². The van der Waals surface area contributed by atoms with Crippen molar-refractivity contribution in [2.75, 3.05) is 0 Å². The third-order valence-electron chi connectivity index (χ3n) is 9.69. The van der Waals surface area contributed by atoms with E-state index in [2.05, 4.69) is 83.8 Å². The van der Waals surface area contributed by atoms with E-state index in [9.17, 15) is 5.11 Å². The second-order valence-electron chi connectivity index (χ2n) is 13.3. The van der Waals surface area contributed by atoms with Gasteiger partial charge in [-0.3, -0.25) is 14.4 Å². The summed E-state index contributed by atoms with van der Waals surface area (Å²) in [5.41, 5.74) is 15.2. The first kappa shape index (κ1) is 35.8. The number of aliphatic imine (C=N–C) groups is 2. The monoisotopic (exact) mass is 719 g/mol. The van der Waals surface area contributed by atoms with Gasteiger partial charge in [-0.1, -0.05) is 37.5 Å². The number of hydrogen-bond donors (Lipinski definition) is 2. The van der Waals surface area contributed by atoms with Gasteiger partial charge < -0.3 is 20.0 Å². The molecule has 0 aliphatic carbocycles. The molecule has 12 nitrogen and oxygen atoms in total. The van der Waals surface area contributed by atoms with Gasteiger partial charge in [-0.25, -0.2) is 15.0 Å². The Morgan fingerprint density at radius 2 is 1.72 bits per heavy atom. The van der Waals surface area contributed by atoms with Crippen LogP contribution >= 0.6 is 0 Å². The lowest BCUT2D eigenvalue weighted by Crippen LogP contribution is -2.03. The number of phenols is 1. The van der Waals surface area contributed by atoms with E-state index < -0.39 is 0 Å². The molecule has 0 aliphatic heterocycles. The fraction of sp³-hybridized carbons (Fsp3) is 0.238. The Hall–Kier alpha value is -6.56. The van der Waals surface area contributed by atoms with Crippen molar-refractivity contribution in [3.63, 3.8) is 0 Å². The number of benzene rings is 2. The van der Waals surface area contributed by atoms with Crippen LogP contribution in [0, 0.1) is 13.8 Å². The summed E-state index contributed by atoms with van der Waals surface area (Å²) in [5.74, 6) is 1.34. The molecule has 54 heavy (non-hydrogen) atoms. The highest BCUT2D eigenvalue weighted by Gasteiger charge is 2.20. The second-order valence-corrected chi connectivity index (χ2v) is 13.3. The molecule has 5 aromatic heterocycles. The number of nitrogens with two attached hydrogens (primary N) is 1. The minimum Gasteiger partial charge on any atom is -0.506 e. The number of aryl methyl sites for hydroxylation is 5. The smallest absolute Gasteiger partial charge is 0.179 e. The summed E-state index contributed by atoms with van der Waals surface area (Å²) >= 11 is 0. The highest BCUT2D eigenvalue weighted by Crippen LogP contribution is 2.38. The lowest BCUT2D eigenvalue weighted by molar-refractivity contribution is 0.477. The first-order valence-electron chi connectivity index (χ1n) is 18.1. The Labute approximate surface area is 314 Å². The fourth-order valence-corrected chi connectivity index (χ4v) is 7.20. The summed E-state index contributed by atoms with van der Waals surface area (Å²) in [5, 5.41) is 23.3. The molecule has 274 valence electrons. The van der Waals surface area contributed by atoms with Gasteiger partial charge in [-0.2, -0.15) is 10.2 Å². The van der Waals surface area contributed by atoms with Crippen LogP contribution < -0.4 is 5.73 Å². The maximum atomic E-state index is 11.3. The molecular weight excluding hydrogens is 675 g/mol. The maximum absolute atomic E-state index is 11.3. The molecule has 7 rings (SSSR count). The van der Waals surface area contributed by atoms with Gasteiger partial charge >= 0.3 is 0 Å². The third-order valence-corrected chi connectivity index (χ3v) is 9.69. The van der Waals surface area contributed by atoms with Crippen LogP contribution in [0.15, 0.2) is 84.0 Å². The van der Waals surface area contributed by atoms with Gasteiger partial charge in [0.25, 0.3) is 0 Å². The van der Waals surface area contributed by atoms with Crippen LogP contribution in [0.25, 0.3) is 56.1 Å². The Kier molecular flexibility index (Phi) is 9.83. The molecule has 12 heteroatoms. The lowest BCUT2D eigenvalue weighted by atomic mass is 10.1. The van der Waals surface area contributed by atoms with E-state index in [0.29, 0.717) is 54.5 Å². The minimum absolute atomic E-state index is 0.0848. The quantitative estimate of drug-likeness (QED) is 0.0859. The molecule has 0 unspecified atom stereocenters. The van der Waals surface area contributed by atoms with E-state index in [1.807, 2.05) is 58.3 Å². The predicted octanol–water partition coefficient (Wildman–Crippen LogP) is 8.13. The van der Waals surface area contributed by atoms with E-state index in [4.69, 9.17) is 20.7 Å². The number of rotatable bonds is 14. The van der Waals surface area contributed by atoms with E-state index >= 15 is 0 Å². The Morgan fingerprint density at radius 3 is 2.46 bits per heavy atom. The van der Waals surface area contributed by atoms with E-state index in [1.165, 1.54) is 0 Å². The lowest BCUT2D eigenvalue weighted by Gasteiger charge is -2.09. The molecule has 0 spiro atoms. The highest BCUT2D eigenvalue weighted by atomic mass is 16.3. The van der Waals surface area contributed by atoms with Crippen molar-refractivity contribution >= 4 is 63.4 Å². The average Bonchev–Trinajstić information content (AvgIpc) is 3.91. The molecule has 0 fully saturated rings. The van der Waals surface area contributed by atoms with Crippen LogP contribution in [0.3, 0.4) is 0 Å². The van der Waals surface area contributed by atoms with Crippen LogP contribution in [0.4, 0.5) is 5.82 Å². The van der Waals surface area contributed by atoms with E-state index in [-0.39, 0.29) is 5.75 Å². The molecule has 0 bridgehead atoms. The zero-order valence-electron chi connectivity index (χ0n) is 31.3. The molecule has 0 saturated heterocycles. The minimum atomic E-state index is 0.0848. The zero-order chi connectivity index (χ0) is 38.1. The van der Waals surface area contributed by atoms with Crippen molar-refractivity contribution in [3.05, 3.63) is 108 Å². The third kappa shape index (κ3) is 6.51. The summed E-state index contributed by atoms with van der Waals surface area (Å²) in [7, 11) is 0. The Bertz CT molecular complexity index is 2640. The average molecular weight is 720 g/mol. The molecule has 0 atom stereocenters. The Balaban J connectivity index is 1.21. The van der Waals surface area contributed by atoms with Crippen molar-refractivity contribution in [2.45, 2.75) is 66.8 Å². The number of fused-ring (bicyclic) bond motifs is 4. The molecule has 0 aliphatic rings. The van der Waals surface area contributed by atoms with Crippen molar-refractivity contribution in [3.8, 4) is 17.3 Å². The van der Waals surface area contributed by atoms with Gasteiger partial charge in [-0.15, -0.1) is 0 Å².